The van der Waals surface area contributed by atoms with Crippen LogP contribution in [0.3, 0.4) is 0 Å². The molecule has 1 saturated heterocycles. The molecule has 0 saturated carbocycles. The molecular formula is C23H42O8. The minimum Gasteiger partial charge on any atom is -0.465 e. The number of esters is 2. The van der Waals surface area contributed by atoms with Crippen molar-refractivity contribution >= 4 is 11.9 Å². The highest BCUT2D eigenvalue weighted by Gasteiger charge is 2.32. The lowest BCUT2D eigenvalue weighted by molar-refractivity contribution is -0.274. The Morgan fingerprint density at radius 1 is 1.03 bits per heavy atom. The highest BCUT2D eigenvalue weighted by molar-refractivity contribution is 5.69. The number of hydrogen-bond donors (Lipinski definition) is 0. The molecule has 0 radical (unpaired) electrons. The van der Waals surface area contributed by atoms with E-state index in [2.05, 4.69) is 20.8 Å². The van der Waals surface area contributed by atoms with Crippen LogP contribution in [0, 0.1) is 17.8 Å². The second kappa shape index (κ2) is 13.4. The number of hydrogen-bond acceptors (Lipinski definition) is 8. The van der Waals surface area contributed by atoms with Gasteiger partial charge in [0.1, 0.15) is 0 Å². The van der Waals surface area contributed by atoms with Gasteiger partial charge in [-0.05, 0) is 19.8 Å². The molecule has 0 aliphatic carbocycles. The lowest BCUT2D eigenvalue weighted by atomic mass is 10.1. The van der Waals surface area contributed by atoms with Crippen molar-refractivity contribution in [3.63, 3.8) is 0 Å². The van der Waals surface area contributed by atoms with Crippen LogP contribution < -0.4 is 0 Å². The molecule has 1 heterocycles. The maximum Gasteiger partial charge on any atom is 0.305 e. The summed E-state index contributed by atoms with van der Waals surface area (Å²) >= 11 is 0. The summed E-state index contributed by atoms with van der Waals surface area (Å²) in [5.41, 5.74) is 0. The van der Waals surface area contributed by atoms with Crippen molar-refractivity contribution in [1.29, 1.82) is 0 Å². The predicted molar refractivity (Wildman–Crippen MR) is 115 cm³/mol. The van der Waals surface area contributed by atoms with Gasteiger partial charge in [0.05, 0.1) is 45.9 Å². The molecule has 8 nitrogen and oxygen atoms in total. The molecule has 0 aromatic carbocycles. The van der Waals surface area contributed by atoms with E-state index in [4.69, 9.17) is 28.4 Å². The van der Waals surface area contributed by atoms with Crippen molar-refractivity contribution in [1.82, 2.24) is 0 Å². The topological polar surface area (TPSA) is 89.5 Å². The number of methoxy groups -OCH3 is 1. The van der Waals surface area contributed by atoms with E-state index in [1.165, 1.54) is 0 Å². The van der Waals surface area contributed by atoms with Crippen LogP contribution in [-0.4, -0.2) is 63.7 Å². The monoisotopic (exact) mass is 446 g/mol. The Labute approximate surface area is 187 Å². The van der Waals surface area contributed by atoms with Gasteiger partial charge in [-0.25, -0.2) is 0 Å². The van der Waals surface area contributed by atoms with Gasteiger partial charge in [0, 0.05) is 31.8 Å². The molecule has 1 rings (SSSR count). The van der Waals surface area contributed by atoms with E-state index in [-0.39, 0.29) is 43.9 Å². The zero-order chi connectivity index (χ0) is 23.5. The molecule has 2 unspecified atom stereocenters. The summed E-state index contributed by atoms with van der Waals surface area (Å²) in [6.45, 7) is 13.9. The van der Waals surface area contributed by atoms with E-state index in [0.717, 1.165) is 0 Å². The van der Waals surface area contributed by atoms with Crippen molar-refractivity contribution < 1.29 is 38.0 Å². The van der Waals surface area contributed by atoms with Crippen LogP contribution in [0.1, 0.15) is 67.2 Å². The SMILES string of the molecule is COC(C)(CCC(=O)OCC(C)COC(=O)CCC1(C)OCC(C)CO1)OCC(C)C. The number of rotatable bonds is 14. The molecule has 2 atom stereocenters. The first-order valence-corrected chi connectivity index (χ1v) is 11.2. The first-order valence-electron chi connectivity index (χ1n) is 11.2. The molecule has 1 aliphatic heterocycles. The van der Waals surface area contributed by atoms with Crippen molar-refractivity contribution in [3.05, 3.63) is 0 Å². The number of carbonyl (C=O) groups excluding carboxylic acids is 2. The third kappa shape index (κ3) is 11.8. The largest absolute Gasteiger partial charge is 0.465 e. The molecule has 31 heavy (non-hydrogen) atoms. The zero-order valence-corrected chi connectivity index (χ0v) is 20.4. The number of carbonyl (C=O) groups is 2. The second-order valence-electron chi connectivity index (χ2n) is 9.37. The average Bonchev–Trinajstić information content (AvgIpc) is 2.74. The normalized spacial score (nSPS) is 24.5. The third-order valence-corrected chi connectivity index (χ3v) is 5.12. The molecule has 0 bridgehead atoms. The smallest absolute Gasteiger partial charge is 0.305 e. The molecule has 0 amide bonds. The standard InChI is InChI=1S/C23H42O8/c1-17(2)12-29-22(5,26-7)10-8-20(24)27-13-18(3)14-28-21(25)9-11-23(6)30-15-19(4)16-31-23/h17-19H,8-16H2,1-7H3. The quantitative estimate of drug-likeness (QED) is 0.295. The Morgan fingerprint density at radius 3 is 2.10 bits per heavy atom. The Bertz CT molecular complexity index is 542. The van der Waals surface area contributed by atoms with Crippen LogP contribution in [0.25, 0.3) is 0 Å². The van der Waals surface area contributed by atoms with Gasteiger partial charge in [-0.3, -0.25) is 9.59 Å². The third-order valence-electron chi connectivity index (χ3n) is 5.12. The summed E-state index contributed by atoms with van der Waals surface area (Å²) in [6.07, 6.45) is 1.24. The van der Waals surface area contributed by atoms with Crippen LogP contribution in [0.4, 0.5) is 0 Å². The predicted octanol–water partition coefficient (Wildman–Crippen LogP) is 3.70. The van der Waals surface area contributed by atoms with Crippen LogP contribution in [-0.2, 0) is 38.0 Å². The van der Waals surface area contributed by atoms with E-state index in [0.29, 0.717) is 44.5 Å². The van der Waals surface area contributed by atoms with Crippen molar-refractivity contribution in [2.24, 2.45) is 17.8 Å². The molecule has 0 aromatic rings. The van der Waals surface area contributed by atoms with Gasteiger partial charge in [0.15, 0.2) is 11.6 Å². The maximum atomic E-state index is 12.1. The van der Waals surface area contributed by atoms with E-state index in [9.17, 15) is 9.59 Å². The Morgan fingerprint density at radius 2 is 1.58 bits per heavy atom. The van der Waals surface area contributed by atoms with Crippen LogP contribution >= 0.6 is 0 Å². The summed E-state index contributed by atoms with van der Waals surface area (Å²) in [5.74, 6) is -1.56. The van der Waals surface area contributed by atoms with Gasteiger partial charge in [-0.15, -0.1) is 0 Å². The molecule has 0 N–H and O–H groups in total. The van der Waals surface area contributed by atoms with E-state index >= 15 is 0 Å². The summed E-state index contributed by atoms with van der Waals surface area (Å²) in [7, 11) is 1.56. The minimum atomic E-state index is -0.815. The lowest BCUT2D eigenvalue weighted by Gasteiger charge is -2.36. The van der Waals surface area contributed by atoms with Gasteiger partial charge in [-0.2, -0.15) is 0 Å². The minimum absolute atomic E-state index is 0.0995. The average molecular weight is 447 g/mol. The summed E-state index contributed by atoms with van der Waals surface area (Å²) in [4.78, 5) is 24.1. The fourth-order valence-corrected chi connectivity index (χ4v) is 2.77. The van der Waals surface area contributed by atoms with Gasteiger partial charge in [0.2, 0.25) is 0 Å². The lowest BCUT2D eigenvalue weighted by Crippen LogP contribution is -2.41. The Balaban J connectivity index is 2.20. The highest BCUT2D eigenvalue weighted by Crippen LogP contribution is 2.26. The maximum absolute atomic E-state index is 12.1. The van der Waals surface area contributed by atoms with Crippen LogP contribution in [0.5, 0.6) is 0 Å². The second-order valence-corrected chi connectivity index (χ2v) is 9.37. The van der Waals surface area contributed by atoms with E-state index in [1.807, 2.05) is 20.8 Å². The summed E-state index contributed by atoms with van der Waals surface area (Å²) in [6, 6.07) is 0. The van der Waals surface area contributed by atoms with Crippen molar-refractivity contribution in [2.75, 3.05) is 40.1 Å². The fourth-order valence-electron chi connectivity index (χ4n) is 2.77. The number of ether oxygens (including phenoxy) is 6. The van der Waals surface area contributed by atoms with E-state index < -0.39 is 11.6 Å². The van der Waals surface area contributed by atoms with Crippen LogP contribution in [0.2, 0.25) is 0 Å². The molecular weight excluding hydrogens is 404 g/mol. The van der Waals surface area contributed by atoms with Gasteiger partial charge in [-0.1, -0.05) is 27.7 Å². The first-order chi connectivity index (χ1) is 14.5. The first kappa shape index (κ1) is 27.8. The Kier molecular flexibility index (Phi) is 12.0. The molecule has 1 aliphatic rings. The highest BCUT2D eigenvalue weighted by atomic mass is 16.7. The molecule has 8 heteroatoms. The fraction of sp³-hybridized carbons (Fsp3) is 0.913. The van der Waals surface area contributed by atoms with Crippen LogP contribution in [0.15, 0.2) is 0 Å². The molecule has 182 valence electrons. The van der Waals surface area contributed by atoms with Gasteiger partial charge >= 0.3 is 11.9 Å². The summed E-state index contributed by atoms with van der Waals surface area (Å²) < 4.78 is 33.1. The van der Waals surface area contributed by atoms with Crippen molar-refractivity contribution in [3.8, 4) is 0 Å². The summed E-state index contributed by atoms with van der Waals surface area (Å²) in [5, 5.41) is 0. The van der Waals surface area contributed by atoms with Crippen molar-refractivity contribution in [2.45, 2.75) is 78.8 Å². The van der Waals surface area contributed by atoms with E-state index in [1.54, 1.807) is 7.11 Å². The molecule has 1 fully saturated rings. The van der Waals surface area contributed by atoms with Gasteiger partial charge in [0.25, 0.3) is 0 Å². The molecule has 0 spiro atoms. The zero-order valence-electron chi connectivity index (χ0n) is 20.4. The molecule has 0 aromatic heterocycles. The Hall–Kier alpha value is -1.22. The van der Waals surface area contributed by atoms with Gasteiger partial charge < -0.3 is 28.4 Å².